The van der Waals surface area contributed by atoms with Crippen LogP contribution in [-0.4, -0.2) is 64.8 Å². The maximum Gasteiger partial charge on any atom is 0.145 e. The molecular weight excluding hydrogens is 1730 g/mol. The van der Waals surface area contributed by atoms with Crippen LogP contribution in [0.15, 0.2) is 458 Å². The molecule has 0 aliphatic rings. The predicted octanol–water partition coefficient (Wildman–Crippen LogP) is 31.6. The van der Waals surface area contributed by atoms with Crippen molar-refractivity contribution in [2.24, 2.45) is 0 Å². The minimum atomic E-state index is 0.779. The van der Waals surface area contributed by atoms with Crippen molar-refractivity contribution in [1.29, 1.82) is 0 Å². The number of rotatable bonds is 11. The monoisotopic (exact) mass is 1800 g/mol. The molecule has 13 aromatic carbocycles. The molecule has 0 aliphatic carbocycles. The first-order valence-electron chi connectivity index (χ1n) is 46.6. The molecule has 0 bridgehead atoms. The summed E-state index contributed by atoms with van der Waals surface area (Å²) in [6.45, 7) is 0. The Labute approximate surface area is 804 Å². The maximum absolute atomic E-state index is 6.62. The van der Waals surface area contributed by atoms with E-state index in [2.05, 4.69) is 266 Å². The van der Waals surface area contributed by atoms with E-state index in [-0.39, 0.29) is 0 Å². The molecule has 29 rings (SSSR count). The number of para-hydroxylation sites is 3. The van der Waals surface area contributed by atoms with E-state index in [9.17, 15) is 0 Å². The van der Waals surface area contributed by atoms with Crippen molar-refractivity contribution in [1.82, 2.24) is 64.8 Å². The Morgan fingerprint density at radius 2 is 0.525 bits per heavy atom. The summed E-state index contributed by atoms with van der Waals surface area (Å²) in [7, 11) is 0. The predicted molar refractivity (Wildman–Crippen MR) is 570 cm³/mol. The van der Waals surface area contributed by atoms with Crippen molar-refractivity contribution in [3.05, 3.63) is 445 Å². The molecule has 141 heavy (non-hydrogen) atoms. The van der Waals surface area contributed by atoms with E-state index in [0.717, 1.165) is 265 Å². The van der Waals surface area contributed by atoms with Crippen molar-refractivity contribution in [3.8, 4) is 123 Å². The highest BCUT2D eigenvalue weighted by molar-refractivity contribution is 6.27. The molecule has 0 atom stereocenters. The lowest BCUT2D eigenvalue weighted by Crippen LogP contribution is -1.94. The van der Waals surface area contributed by atoms with Crippen molar-refractivity contribution in [2.75, 3.05) is 0 Å². The molecule has 0 saturated carbocycles. The average molecular weight is 1810 g/mol. The molecule has 0 fully saturated rings. The van der Waals surface area contributed by atoms with Crippen LogP contribution in [0, 0.1) is 0 Å². The Hall–Kier alpha value is -19.5. The van der Waals surface area contributed by atoms with Crippen molar-refractivity contribution >= 4 is 164 Å². The fourth-order valence-electron chi connectivity index (χ4n) is 20.2. The molecule has 0 radical (unpaired) electrons. The van der Waals surface area contributed by atoms with Gasteiger partial charge >= 0.3 is 0 Å². The molecule has 0 unspecified atom stereocenters. The van der Waals surface area contributed by atoms with Crippen LogP contribution in [0.25, 0.3) is 287 Å². The smallest absolute Gasteiger partial charge is 0.145 e. The van der Waals surface area contributed by atoms with Crippen LogP contribution in [0.4, 0.5) is 0 Å². The van der Waals surface area contributed by atoms with Crippen LogP contribution in [0.1, 0.15) is 0 Å². The zero-order valence-electron chi connectivity index (χ0n) is 75.2. The third-order valence-corrected chi connectivity index (χ3v) is 27.0. The van der Waals surface area contributed by atoms with Gasteiger partial charge in [-0.2, -0.15) is 0 Å². The third kappa shape index (κ3) is 14.4. The number of hydrogen-bond donors (Lipinski definition) is 0. The lowest BCUT2D eigenvalue weighted by atomic mass is 9.96. The molecular formula is C125H73N13O3. The van der Waals surface area contributed by atoms with Gasteiger partial charge < -0.3 is 13.3 Å². The van der Waals surface area contributed by atoms with E-state index in [1.807, 2.05) is 190 Å². The quantitative estimate of drug-likeness (QED) is 0.110. The van der Waals surface area contributed by atoms with Gasteiger partial charge in [-0.05, 0) is 193 Å². The summed E-state index contributed by atoms with van der Waals surface area (Å²) in [5.74, 6) is 0. The third-order valence-electron chi connectivity index (χ3n) is 27.0. The maximum atomic E-state index is 6.62. The van der Waals surface area contributed by atoms with Gasteiger partial charge in [0.05, 0.1) is 61.2 Å². The second-order valence-electron chi connectivity index (χ2n) is 35.2. The minimum absolute atomic E-state index is 0.779. The zero-order valence-corrected chi connectivity index (χ0v) is 75.2. The highest BCUT2D eigenvalue weighted by atomic mass is 16.3. The number of nitrogens with zero attached hydrogens (tertiary/aromatic N) is 13. The van der Waals surface area contributed by atoms with Gasteiger partial charge in [0.1, 0.15) is 50.0 Å². The minimum Gasteiger partial charge on any atom is -0.455 e. The first-order chi connectivity index (χ1) is 69.9. The molecule has 0 N–H and O–H groups in total. The van der Waals surface area contributed by atoms with Gasteiger partial charge in [-0.15, -0.1) is 0 Å². The SMILES string of the molecule is c1ccc2c(c1)ccc1cc(-c3cnc4c(c3)nc(-c3ccc(-c5ccncc5)cc3)c3ccc5c6ccccc6oc5c34)ccc12.c1cncc(-c2cc(-c3ccc(-c4nc5cc(-c6cncc7ccccc67)cnc5c5c4ccc4c6ccccc6oc45)cc3)cc(-c3cccnc3)n2)c1.c1cncc(-c2cnc3c(c2)nc(-c2ccc(-c4ccncc4)cc2)c2ccc4c5ccccc5oc4c23)c1. The van der Waals surface area contributed by atoms with E-state index in [1.165, 1.54) is 21.5 Å². The second-order valence-corrected chi connectivity index (χ2v) is 35.2. The van der Waals surface area contributed by atoms with Crippen LogP contribution in [0.5, 0.6) is 0 Å². The molecule has 0 spiro atoms. The van der Waals surface area contributed by atoms with E-state index >= 15 is 0 Å². The average Bonchev–Trinajstić information content (AvgIpc) is 1.70. The number of fused-ring (bicyclic) bond motifs is 25. The highest BCUT2D eigenvalue weighted by Gasteiger charge is 2.26. The van der Waals surface area contributed by atoms with Crippen LogP contribution in [-0.2, 0) is 0 Å². The number of benzene rings is 13. The Morgan fingerprint density at radius 3 is 0.986 bits per heavy atom. The van der Waals surface area contributed by atoms with Crippen molar-refractivity contribution in [2.45, 2.75) is 0 Å². The van der Waals surface area contributed by atoms with Crippen LogP contribution >= 0.6 is 0 Å². The molecule has 0 amide bonds. The van der Waals surface area contributed by atoms with E-state index in [0.29, 0.717) is 0 Å². The lowest BCUT2D eigenvalue weighted by Gasteiger charge is -2.13. The van der Waals surface area contributed by atoms with Crippen LogP contribution < -0.4 is 0 Å². The summed E-state index contributed by atoms with van der Waals surface area (Å²) in [6.07, 6.45) is 27.7. The molecule has 0 aliphatic heterocycles. The highest BCUT2D eigenvalue weighted by Crippen LogP contribution is 2.48. The standard InChI is InChI=1S/C48H28N6O.C43H25N3O.C34H20N4O/c1-2-10-36-31(7-1)24-51-28-40(36)35-23-43-47(52-27-35)45-39(18-17-38-37-11-3-4-12-44(37)55-48(38)45)46(54-43)30-15-13-29(14-16-30)34-21-41(32-8-5-19-49-25-32)53-42(22-34)33-9-6-20-50-26-33;1-2-6-33-28(5-1)11-14-31-23-30(15-16-34(31)33)32-24-38-42(45-25-32)40-37(18-17-36-35-7-3-4-8-39(35)47-43(36)40)41(46-38)29-12-9-26(10-13-29)27-19-21-44-22-20-27;1-2-6-30-26(5-1)27-11-12-28-31(34(27)39-30)33-29(18-25(20-37-33)24-4-3-15-36-19-24)38-32(28)23-9-7-21(8-10-23)22-13-16-35-17-14-22/h1-28H;1-25H;1-20H. The summed E-state index contributed by atoms with van der Waals surface area (Å²) in [6, 6.07) is 122. The van der Waals surface area contributed by atoms with E-state index < -0.39 is 0 Å². The normalized spacial score (nSPS) is 11.7. The number of aromatic nitrogens is 13. The summed E-state index contributed by atoms with van der Waals surface area (Å²) in [5.41, 5.74) is 31.9. The van der Waals surface area contributed by atoms with Crippen molar-refractivity contribution < 1.29 is 13.3 Å². The Balaban J connectivity index is 0.000000108. The van der Waals surface area contributed by atoms with Crippen LogP contribution in [0.3, 0.4) is 0 Å². The first-order valence-corrected chi connectivity index (χ1v) is 46.6. The number of furan rings is 3. The van der Waals surface area contributed by atoms with Gasteiger partial charge in [-0.1, -0.05) is 224 Å². The molecule has 656 valence electrons. The van der Waals surface area contributed by atoms with E-state index in [1.54, 1.807) is 18.6 Å². The summed E-state index contributed by atoms with van der Waals surface area (Å²) in [5, 5.41) is 19.5. The Kier molecular flexibility index (Phi) is 19.5. The fourth-order valence-corrected chi connectivity index (χ4v) is 20.2. The molecule has 29 aromatic rings. The first kappa shape index (κ1) is 81.1. The molecule has 16 aromatic heterocycles. The number of pyridine rings is 13. The lowest BCUT2D eigenvalue weighted by molar-refractivity contribution is 0.672. The second kappa shape index (κ2) is 33.9. The summed E-state index contributed by atoms with van der Waals surface area (Å²) in [4.78, 5) is 61.9. The van der Waals surface area contributed by atoms with E-state index in [4.69, 9.17) is 48.1 Å². The zero-order chi connectivity index (χ0) is 93.0. The summed E-state index contributed by atoms with van der Waals surface area (Å²) >= 11 is 0. The molecule has 16 nitrogen and oxygen atoms in total. The van der Waals surface area contributed by atoms with Gasteiger partial charge in [0.15, 0.2) is 0 Å². The number of hydrogen-bond acceptors (Lipinski definition) is 16. The molecule has 0 saturated heterocycles. The largest absolute Gasteiger partial charge is 0.455 e. The molecule has 16 heterocycles. The van der Waals surface area contributed by atoms with Gasteiger partial charge in [-0.3, -0.25) is 44.9 Å². The van der Waals surface area contributed by atoms with Gasteiger partial charge in [-0.25, -0.2) is 19.9 Å². The summed E-state index contributed by atoms with van der Waals surface area (Å²) < 4.78 is 19.7. The van der Waals surface area contributed by atoms with Gasteiger partial charge in [0.2, 0.25) is 0 Å². The van der Waals surface area contributed by atoms with Crippen molar-refractivity contribution in [3.63, 3.8) is 0 Å². The fraction of sp³-hybridized carbons (Fsp3) is 0. The topological polar surface area (TPSA) is 207 Å². The Bertz CT molecular complexity index is 9990. The molecule has 16 heteroatoms. The Morgan fingerprint density at radius 1 is 0.170 bits per heavy atom. The van der Waals surface area contributed by atoms with Crippen LogP contribution in [0.2, 0.25) is 0 Å². The van der Waals surface area contributed by atoms with Gasteiger partial charge in [0, 0.05) is 202 Å². The van der Waals surface area contributed by atoms with Gasteiger partial charge in [0.25, 0.3) is 0 Å².